The molecule has 3 aliphatic heterocycles. The van der Waals surface area contributed by atoms with Crippen LogP contribution in [0.3, 0.4) is 0 Å². The van der Waals surface area contributed by atoms with E-state index in [1.807, 2.05) is 0 Å². The van der Waals surface area contributed by atoms with Crippen molar-refractivity contribution in [3.8, 4) is 0 Å². The summed E-state index contributed by atoms with van der Waals surface area (Å²) in [5.74, 6) is 0.872. The predicted octanol–water partition coefficient (Wildman–Crippen LogP) is 3.30. The molecule has 0 aromatic carbocycles. The quantitative estimate of drug-likeness (QED) is 0.764. The van der Waals surface area contributed by atoms with Crippen LogP contribution in [0.2, 0.25) is 0 Å². The monoisotopic (exact) mass is 333 g/mol. The maximum Gasteiger partial charge on any atom is 0.0120 e. The molecule has 3 saturated heterocycles. The van der Waals surface area contributed by atoms with Crippen LogP contribution in [0.4, 0.5) is 0 Å². The minimum atomic E-state index is 0.707. The summed E-state index contributed by atoms with van der Waals surface area (Å²) in [6, 6.07) is 0.895. The average molecular weight is 334 g/mol. The van der Waals surface area contributed by atoms with Gasteiger partial charge in [-0.15, -0.1) is 0 Å². The lowest BCUT2D eigenvalue weighted by Gasteiger charge is -2.57. The van der Waals surface area contributed by atoms with Gasteiger partial charge in [-0.2, -0.15) is 0 Å². The van der Waals surface area contributed by atoms with Crippen LogP contribution in [0.1, 0.15) is 58.8 Å². The van der Waals surface area contributed by atoms with Gasteiger partial charge in [0.2, 0.25) is 0 Å². The zero-order valence-corrected chi connectivity index (χ0v) is 16.4. The van der Waals surface area contributed by atoms with E-state index in [0.29, 0.717) is 5.41 Å². The Kier molecular flexibility index (Phi) is 4.73. The Morgan fingerprint density at radius 2 is 1.54 bits per heavy atom. The average Bonchev–Trinajstić information content (AvgIpc) is 3.25. The Balaban J connectivity index is 1.19. The zero-order chi connectivity index (χ0) is 16.8. The van der Waals surface area contributed by atoms with Crippen molar-refractivity contribution in [2.75, 3.05) is 52.9 Å². The number of hydrogen-bond donors (Lipinski definition) is 0. The zero-order valence-electron chi connectivity index (χ0n) is 16.4. The molecule has 0 atom stereocenters. The number of piperidine rings is 2. The molecule has 0 aromatic heterocycles. The van der Waals surface area contributed by atoms with E-state index >= 15 is 0 Å². The minimum Gasteiger partial charge on any atom is -0.306 e. The Labute approximate surface area is 149 Å². The fourth-order valence-corrected chi connectivity index (χ4v) is 5.87. The highest BCUT2D eigenvalue weighted by atomic mass is 15.3. The van der Waals surface area contributed by atoms with E-state index in [1.165, 1.54) is 90.8 Å². The van der Waals surface area contributed by atoms with E-state index in [2.05, 4.69) is 35.6 Å². The summed E-state index contributed by atoms with van der Waals surface area (Å²) < 4.78 is 0. The summed E-state index contributed by atoms with van der Waals surface area (Å²) >= 11 is 0. The molecule has 4 fully saturated rings. The Morgan fingerprint density at radius 1 is 0.917 bits per heavy atom. The second kappa shape index (κ2) is 6.55. The number of nitrogens with zero attached hydrogens (tertiary/aromatic N) is 3. The molecule has 3 nitrogen and oxygen atoms in total. The molecule has 24 heavy (non-hydrogen) atoms. The first-order chi connectivity index (χ1) is 11.5. The summed E-state index contributed by atoms with van der Waals surface area (Å²) in [4.78, 5) is 8.15. The van der Waals surface area contributed by atoms with Gasteiger partial charge >= 0.3 is 0 Å². The molecule has 0 unspecified atom stereocenters. The van der Waals surface area contributed by atoms with Crippen LogP contribution in [0.25, 0.3) is 0 Å². The van der Waals surface area contributed by atoms with Crippen LogP contribution in [-0.2, 0) is 0 Å². The van der Waals surface area contributed by atoms with Crippen molar-refractivity contribution in [2.45, 2.75) is 64.8 Å². The van der Waals surface area contributed by atoms with Gasteiger partial charge in [-0.25, -0.2) is 0 Å². The van der Waals surface area contributed by atoms with Gasteiger partial charge in [-0.3, -0.25) is 4.90 Å². The Bertz CT molecular complexity index is 418. The summed E-state index contributed by atoms with van der Waals surface area (Å²) in [6.07, 6.45) is 10.2. The molecule has 0 amide bonds. The van der Waals surface area contributed by atoms with Gasteiger partial charge < -0.3 is 9.80 Å². The molecule has 1 spiro atoms. The third kappa shape index (κ3) is 3.68. The van der Waals surface area contributed by atoms with Crippen molar-refractivity contribution in [2.24, 2.45) is 16.7 Å². The highest BCUT2D eigenvalue weighted by molar-refractivity contribution is 5.02. The maximum atomic E-state index is 2.84. The summed E-state index contributed by atoms with van der Waals surface area (Å²) in [7, 11) is 2.28. The van der Waals surface area contributed by atoms with Gasteiger partial charge in [0.15, 0.2) is 0 Å². The van der Waals surface area contributed by atoms with Crippen molar-refractivity contribution < 1.29 is 0 Å². The largest absolute Gasteiger partial charge is 0.306 e. The third-order valence-corrected chi connectivity index (χ3v) is 7.56. The second-order valence-corrected chi connectivity index (χ2v) is 10.3. The van der Waals surface area contributed by atoms with Crippen molar-refractivity contribution >= 4 is 0 Å². The molecule has 4 aliphatic rings. The van der Waals surface area contributed by atoms with Crippen LogP contribution >= 0.6 is 0 Å². The van der Waals surface area contributed by atoms with E-state index in [-0.39, 0.29) is 0 Å². The summed E-state index contributed by atoms with van der Waals surface area (Å²) in [5.41, 5.74) is 1.43. The second-order valence-electron chi connectivity index (χ2n) is 10.3. The maximum absolute atomic E-state index is 2.84. The molecule has 0 bridgehead atoms. The van der Waals surface area contributed by atoms with Crippen molar-refractivity contribution in [1.82, 2.24) is 14.7 Å². The van der Waals surface area contributed by atoms with E-state index < -0.39 is 0 Å². The lowest BCUT2D eigenvalue weighted by atomic mass is 9.71. The normalized spacial score (nSPS) is 31.5. The molecule has 0 aromatic rings. The van der Waals surface area contributed by atoms with E-state index in [4.69, 9.17) is 0 Å². The first-order valence-electron chi connectivity index (χ1n) is 10.6. The molecular formula is C21H39N3. The number of likely N-dealkylation sites (tertiary alicyclic amines) is 3. The number of rotatable bonds is 5. The topological polar surface area (TPSA) is 9.72 Å². The lowest BCUT2D eigenvalue weighted by Crippen LogP contribution is -2.64. The molecule has 138 valence electrons. The molecule has 4 rings (SSSR count). The van der Waals surface area contributed by atoms with Crippen molar-refractivity contribution in [1.29, 1.82) is 0 Å². The Hall–Kier alpha value is -0.120. The number of hydrogen-bond acceptors (Lipinski definition) is 3. The SMILES string of the molecule is CC(C)CC1(CN2CCC(N3CC4(CCN(C)CC4)C3)CC2)CC1. The Morgan fingerprint density at radius 3 is 2.08 bits per heavy atom. The van der Waals surface area contributed by atoms with Crippen LogP contribution in [0, 0.1) is 16.7 Å². The van der Waals surface area contributed by atoms with Gasteiger partial charge in [-0.1, -0.05) is 13.8 Å². The fraction of sp³-hybridized carbons (Fsp3) is 1.00. The first-order valence-corrected chi connectivity index (χ1v) is 10.6. The van der Waals surface area contributed by atoms with Crippen LogP contribution in [0.15, 0.2) is 0 Å². The van der Waals surface area contributed by atoms with Crippen molar-refractivity contribution in [3.63, 3.8) is 0 Å². The molecule has 3 heterocycles. The van der Waals surface area contributed by atoms with Gasteiger partial charge in [-0.05, 0) is 94.9 Å². The van der Waals surface area contributed by atoms with Gasteiger partial charge in [0.05, 0.1) is 0 Å². The first kappa shape index (κ1) is 17.3. The molecule has 0 radical (unpaired) electrons. The van der Waals surface area contributed by atoms with E-state index in [9.17, 15) is 0 Å². The fourth-order valence-electron chi connectivity index (χ4n) is 5.87. The van der Waals surface area contributed by atoms with E-state index in [0.717, 1.165) is 17.4 Å². The molecule has 1 saturated carbocycles. The highest BCUT2D eigenvalue weighted by Crippen LogP contribution is 2.51. The van der Waals surface area contributed by atoms with E-state index in [1.54, 1.807) is 0 Å². The molecule has 1 aliphatic carbocycles. The van der Waals surface area contributed by atoms with Crippen LogP contribution in [-0.4, -0.2) is 73.6 Å². The van der Waals surface area contributed by atoms with Crippen molar-refractivity contribution in [3.05, 3.63) is 0 Å². The highest BCUT2D eigenvalue weighted by Gasteiger charge is 2.48. The minimum absolute atomic E-state index is 0.707. The van der Waals surface area contributed by atoms with Crippen LogP contribution < -0.4 is 0 Å². The van der Waals surface area contributed by atoms with Gasteiger partial charge in [0.1, 0.15) is 0 Å². The molecule has 0 N–H and O–H groups in total. The van der Waals surface area contributed by atoms with Gasteiger partial charge in [0.25, 0.3) is 0 Å². The summed E-state index contributed by atoms with van der Waals surface area (Å²) in [5, 5.41) is 0. The molecular weight excluding hydrogens is 294 g/mol. The third-order valence-electron chi connectivity index (χ3n) is 7.56. The van der Waals surface area contributed by atoms with Crippen LogP contribution in [0.5, 0.6) is 0 Å². The standard InChI is InChI=1S/C21H39N3/c1-18(2)14-20(6-7-20)15-23-10-4-19(5-11-23)24-16-21(17-24)8-12-22(3)13-9-21/h18-19H,4-17H2,1-3H3. The smallest absolute Gasteiger partial charge is 0.0120 e. The predicted molar refractivity (Wildman–Crippen MR) is 101 cm³/mol. The lowest BCUT2D eigenvalue weighted by molar-refractivity contribution is -0.0781. The summed E-state index contributed by atoms with van der Waals surface area (Å²) in [6.45, 7) is 14.4. The van der Waals surface area contributed by atoms with Gasteiger partial charge in [0, 0.05) is 25.7 Å². The molecule has 3 heteroatoms.